The van der Waals surface area contributed by atoms with Crippen LogP contribution in [0.4, 0.5) is 5.95 Å². The number of fused-ring (bicyclic) bond motifs is 2. The number of phenolic OH excluding ortho intramolecular Hbond substituents is 1. The summed E-state index contributed by atoms with van der Waals surface area (Å²) in [6.45, 7) is 1.84. The Morgan fingerprint density at radius 3 is 2.50 bits per heavy atom. The zero-order chi connectivity index (χ0) is 22.1. The highest BCUT2D eigenvalue weighted by Gasteiger charge is 2.12. The van der Waals surface area contributed by atoms with Crippen molar-refractivity contribution in [2.75, 3.05) is 5.43 Å². The van der Waals surface area contributed by atoms with Crippen LogP contribution in [0.15, 0.2) is 94.5 Å². The smallest absolute Gasteiger partial charge is 0.244 e. The summed E-state index contributed by atoms with van der Waals surface area (Å²) in [5, 5.41) is 17.9. The number of aromatic nitrogens is 2. The van der Waals surface area contributed by atoms with Gasteiger partial charge >= 0.3 is 0 Å². The zero-order valence-electron chi connectivity index (χ0n) is 17.2. The van der Waals surface area contributed by atoms with Crippen molar-refractivity contribution in [2.24, 2.45) is 5.10 Å². The van der Waals surface area contributed by atoms with Crippen LogP contribution in [0.1, 0.15) is 12.5 Å². The first-order chi connectivity index (χ1) is 15.6. The van der Waals surface area contributed by atoms with Crippen LogP contribution in [-0.4, -0.2) is 20.8 Å². The monoisotopic (exact) mass is 482 g/mol. The normalized spacial score (nSPS) is 11.8. The molecular weight excluding hydrogens is 464 g/mol. The van der Waals surface area contributed by atoms with E-state index in [2.05, 4.69) is 31.4 Å². The molecule has 0 saturated carbocycles. The van der Waals surface area contributed by atoms with Crippen molar-refractivity contribution in [2.45, 2.75) is 6.92 Å². The number of hydrazone groups is 1. The van der Waals surface area contributed by atoms with Crippen molar-refractivity contribution in [3.8, 4) is 17.0 Å². The number of anilines is 1. The molecule has 5 aromatic rings. The van der Waals surface area contributed by atoms with E-state index in [0.29, 0.717) is 17.2 Å². The first-order valence-corrected chi connectivity index (χ1v) is 10.9. The molecule has 1 aromatic heterocycles. The largest absolute Gasteiger partial charge is 0.507 e. The van der Waals surface area contributed by atoms with E-state index in [1.807, 2.05) is 91.9 Å². The van der Waals surface area contributed by atoms with Crippen LogP contribution < -0.4 is 5.43 Å². The Morgan fingerprint density at radius 1 is 0.875 bits per heavy atom. The predicted molar refractivity (Wildman–Crippen MR) is 134 cm³/mol. The number of nitrogens with one attached hydrogen (secondary N) is 1. The lowest BCUT2D eigenvalue weighted by Gasteiger charge is -2.10. The van der Waals surface area contributed by atoms with Crippen molar-refractivity contribution in [3.63, 3.8) is 0 Å². The molecule has 0 atom stereocenters. The quantitative estimate of drug-likeness (QED) is 0.219. The fraction of sp³-hybridized carbons (Fsp3) is 0.0385. The summed E-state index contributed by atoms with van der Waals surface area (Å²) < 4.78 is 0.965. The van der Waals surface area contributed by atoms with Crippen molar-refractivity contribution in [1.29, 1.82) is 0 Å². The third-order valence-corrected chi connectivity index (χ3v) is 5.81. The predicted octanol–water partition coefficient (Wildman–Crippen LogP) is 6.75. The molecule has 0 saturated heterocycles. The molecule has 0 aliphatic carbocycles. The molecule has 1 heterocycles. The maximum Gasteiger partial charge on any atom is 0.244 e. The second-order valence-electron chi connectivity index (χ2n) is 7.42. The van der Waals surface area contributed by atoms with Crippen molar-refractivity contribution < 1.29 is 5.11 Å². The Hall–Kier alpha value is -3.77. The van der Waals surface area contributed by atoms with Gasteiger partial charge in [0.05, 0.1) is 16.9 Å². The summed E-state index contributed by atoms with van der Waals surface area (Å²) in [4.78, 5) is 9.37. The Morgan fingerprint density at radius 2 is 1.66 bits per heavy atom. The van der Waals surface area contributed by atoms with Crippen molar-refractivity contribution in [3.05, 3.63) is 95.0 Å². The van der Waals surface area contributed by atoms with E-state index in [9.17, 15) is 5.11 Å². The molecule has 0 amide bonds. The van der Waals surface area contributed by atoms with Gasteiger partial charge in [-0.3, -0.25) is 0 Å². The van der Waals surface area contributed by atoms with Crippen LogP contribution in [0.3, 0.4) is 0 Å². The summed E-state index contributed by atoms with van der Waals surface area (Å²) in [6, 6.07) is 27.5. The minimum absolute atomic E-state index is 0.209. The van der Waals surface area contributed by atoms with E-state index < -0.39 is 0 Å². The molecule has 0 spiro atoms. The number of hydrogen-bond acceptors (Lipinski definition) is 5. The van der Waals surface area contributed by atoms with Gasteiger partial charge in [0, 0.05) is 26.4 Å². The summed E-state index contributed by atoms with van der Waals surface area (Å²) in [5.74, 6) is 0.596. The Balaban J connectivity index is 1.55. The standard InChI is InChI=1S/C26H19BrN4O/c1-16(20-13-11-17-7-5-6-10-21(17)25(20)32)30-31-26-28-23-14-12-19(27)15-22(23)24(29-26)18-8-3-2-4-9-18/h2-15,32H,1H3,(H,28,29,31)/b30-16+. The van der Waals surface area contributed by atoms with Crippen LogP contribution in [0.25, 0.3) is 32.9 Å². The molecule has 0 bridgehead atoms. The van der Waals surface area contributed by atoms with Gasteiger partial charge in [-0.1, -0.05) is 76.6 Å². The van der Waals surface area contributed by atoms with Crippen LogP contribution in [-0.2, 0) is 0 Å². The topological polar surface area (TPSA) is 70.4 Å². The molecular formula is C26H19BrN4O. The molecule has 0 unspecified atom stereocenters. The molecule has 5 nitrogen and oxygen atoms in total. The Kier molecular flexibility index (Phi) is 5.29. The van der Waals surface area contributed by atoms with E-state index in [4.69, 9.17) is 4.98 Å². The van der Waals surface area contributed by atoms with E-state index in [1.165, 1.54) is 0 Å². The second-order valence-corrected chi connectivity index (χ2v) is 8.33. The molecule has 4 aromatic carbocycles. The average Bonchev–Trinajstić information content (AvgIpc) is 2.83. The first-order valence-electron chi connectivity index (χ1n) is 10.1. The zero-order valence-corrected chi connectivity index (χ0v) is 18.8. The molecule has 0 radical (unpaired) electrons. The molecule has 0 aliphatic rings. The van der Waals surface area contributed by atoms with Gasteiger partial charge in [0.15, 0.2) is 0 Å². The highest BCUT2D eigenvalue weighted by Crippen LogP contribution is 2.31. The molecule has 5 rings (SSSR count). The summed E-state index contributed by atoms with van der Waals surface area (Å²) in [6.07, 6.45) is 0. The number of phenols is 1. The average molecular weight is 483 g/mol. The van der Waals surface area contributed by atoms with Crippen LogP contribution in [0.5, 0.6) is 5.75 Å². The highest BCUT2D eigenvalue weighted by atomic mass is 79.9. The van der Waals surface area contributed by atoms with Gasteiger partial charge < -0.3 is 5.11 Å². The van der Waals surface area contributed by atoms with Gasteiger partial charge in [-0.25, -0.2) is 15.4 Å². The molecule has 32 heavy (non-hydrogen) atoms. The summed E-state index contributed by atoms with van der Waals surface area (Å²) >= 11 is 3.54. The number of nitrogens with zero attached hydrogens (tertiary/aromatic N) is 3. The van der Waals surface area contributed by atoms with Gasteiger partial charge in [-0.2, -0.15) is 5.10 Å². The third kappa shape index (κ3) is 3.81. The Labute approximate surface area is 193 Å². The second kappa shape index (κ2) is 8.40. The van der Waals surface area contributed by atoms with Gasteiger partial charge in [-0.15, -0.1) is 0 Å². The third-order valence-electron chi connectivity index (χ3n) is 5.32. The van der Waals surface area contributed by atoms with Gasteiger partial charge in [0.25, 0.3) is 0 Å². The van der Waals surface area contributed by atoms with E-state index >= 15 is 0 Å². The van der Waals surface area contributed by atoms with Gasteiger partial charge in [0.1, 0.15) is 5.75 Å². The van der Waals surface area contributed by atoms with E-state index in [-0.39, 0.29) is 5.75 Å². The van der Waals surface area contributed by atoms with Crippen molar-refractivity contribution >= 4 is 49.3 Å². The minimum Gasteiger partial charge on any atom is -0.507 e. The van der Waals surface area contributed by atoms with Crippen molar-refractivity contribution in [1.82, 2.24) is 9.97 Å². The molecule has 156 valence electrons. The van der Waals surface area contributed by atoms with Gasteiger partial charge in [-0.05, 0) is 36.6 Å². The fourth-order valence-corrected chi connectivity index (χ4v) is 4.07. The van der Waals surface area contributed by atoms with Crippen LogP contribution in [0, 0.1) is 0 Å². The minimum atomic E-state index is 0.209. The summed E-state index contributed by atoms with van der Waals surface area (Å²) in [5.41, 5.74) is 6.89. The SMILES string of the molecule is C/C(=N\Nc1nc(-c2ccccc2)c2cc(Br)ccc2n1)c1ccc2ccccc2c1O. The number of halogens is 1. The maximum absolute atomic E-state index is 10.7. The fourth-order valence-electron chi connectivity index (χ4n) is 3.71. The number of benzene rings is 4. The lowest BCUT2D eigenvalue weighted by atomic mass is 10.0. The number of aromatic hydroxyl groups is 1. The molecule has 2 N–H and O–H groups in total. The molecule has 6 heteroatoms. The highest BCUT2D eigenvalue weighted by molar-refractivity contribution is 9.10. The number of hydrogen-bond donors (Lipinski definition) is 2. The molecule has 0 fully saturated rings. The number of rotatable bonds is 4. The first kappa shape index (κ1) is 20.2. The lowest BCUT2D eigenvalue weighted by molar-refractivity contribution is 0.480. The van der Waals surface area contributed by atoms with Crippen LogP contribution in [0.2, 0.25) is 0 Å². The Bertz CT molecular complexity index is 1480. The van der Waals surface area contributed by atoms with E-state index in [1.54, 1.807) is 0 Å². The maximum atomic E-state index is 10.7. The van der Waals surface area contributed by atoms with E-state index in [0.717, 1.165) is 37.4 Å². The van der Waals surface area contributed by atoms with Crippen LogP contribution >= 0.6 is 15.9 Å². The lowest BCUT2D eigenvalue weighted by Crippen LogP contribution is -2.04. The van der Waals surface area contributed by atoms with Gasteiger partial charge in [0.2, 0.25) is 5.95 Å². The summed E-state index contributed by atoms with van der Waals surface area (Å²) in [7, 11) is 0. The molecule has 0 aliphatic heterocycles.